The molecule has 2 aromatic rings. The SMILES string of the molecule is CCC(C)NC(=O)c1ccnc(C(=O)NCc2ccccc2)c1. The monoisotopic (exact) mass is 311 g/mol. The van der Waals surface area contributed by atoms with Gasteiger partial charge in [-0.2, -0.15) is 0 Å². The number of hydrogen-bond donors (Lipinski definition) is 2. The summed E-state index contributed by atoms with van der Waals surface area (Å²) in [5.74, 6) is -0.495. The van der Waals surface area contributed by atoms with Gasteiger partial charge >= 0.3 is 0 Å². The van der Waals surface area contributed by atoms with Gasteiger partial charge in [-0.15, -0.1) is 0 Å². The van der Waals surface area contributed by atoms with E-state index in [1.54, 1.807) is 6.07 Å². The van der Waals surface area contributed by atoms with Crippen LogP contribution in [-0.2, 0) is 6.54 Å². The van der Waals surface area contributed by atoms with E-state index in [2.05, 4.69) is 15.6 Å². The largest absolute Gasteiger partial charge is 0.350 e. The Morgan fingerprint density at radius 1 is 1.13 bits per heavy atom. The molecule has 0 spiro atoms. The quantitative estimate of drug-likeness (QED) is 0.861. The normalized spacial score (nSPS) is 11.6. The number of aromatic nitrogens is 1. The van der Waals surface area contributed by atoms with E-state index >= 15 is 0 Å². The highest BCUT2D eigenvalue weighted by Crippen LogP contribution is 2.04. The van der Waals surface area contributed by atoms with Crippen LogP contribution >= 0.6 is 0 Å². The minimum absolute atomic E-state index is 0.0889. The number of amides is 2. The van der Waals surface area contributed by atoms with Gasteiger partial charge in [0.15, 0.2) is 0 Å². The molecule has 5 heteroatoms. The van der Waals surface area contributed by atoms with Crippen LogP contribution in [0.5, 0.6) is 0 Å². The van der Waals surface area contributed by atoms with E-state index in [4.69, 9.17) is 0 Å². The fourth-order valence-corrected chi connectivity index (χ4v) is 1.97. The van der Waals surface area contributed by atoms with Gasteiger partial charge in [0.2, 0.25) is 0 Å². The highest BCUT2D eigenvalue weighted by molar-refractivity contribution is 5.98. The first-order valence-corrected chi connectivity index (χ1v) is 7.69. The van der Waals surface area contributed by atoms with Crippen LogP contribution in [0.1, 0.15) is 46.7 Å². The van der Waals surface area contributed by atoms with Gasteiger partial charge in [0.1, 0.15) is 5.69 Å². The van der Waals surface area contributed by atoms with Crippen molar-refractivity contribution in [3.8, 4) is 0 Å². The minimum Gasteiger partial charge on any atom is -0.350 e. The molecule has 5 nitrogen and oxygen atoms in total. The number of hydrogen-bond acceptors (Lipinski definition) is 3. The van der Waals surface area contributed by atoms with Crippen molar-refractivity contribution in [3.05, 3.63) is 65.5 Å². The molecule has 1 aromatic heterocycles. The molecule has 1 heterocycles. The third kappa shape index (κ3) is 4.92. The molecule has 1 unspecified atom stereocenters. The van der Waals surface area contributed by atoms with Crippen LogP contribution in [0.15, 0.2) is 48.7 Å². The van der Waals surface area contributed by atoms with Crippen LogP contribution in [0.25, 0.3) is 0 Å². The van der Waals surface area contributed by atoms with Crippen molar-refractivity contribution in [2.75, 3.05) is 0 Å². The van der Waals surface area contributed by atoms with Gasteiger partial charge in [0, 0.05) is 24.3 Å². The molecule has 0 fully saturated rings. The molecule has 0 aliphatic heterocycles. The molecular weight excluding hydrogens is 290 g/mol. The molecule has 2 N–H and O–H groups in total. The summed E-state index contributed by atoms with van der Waals surface area (Å²) in [4.78, 5) is 28.3. The first-order chi connectivity index (χ1) is 11.1. The zero-order valence-electron chi connectivity index (χ0n) is 13.4. The van der Waals surface area contributed by atoms with Crippen LogP contribution < -0.4 is 10.6 Å². The predicted octanol–water partition coefficient (Wildman–Crippen LogP) is 2.54. The Labute approximate surface area is 136 Å². The van der Waals surface area contributed by atoms with E-state index in [0.717, 1.165) is 12.0 Å². The molecule has 0 aliphatic rings. The van der Waals surface area contributed by atoms with Crippen molar-refractivity contribution in [3.63, 3.8) is 0 Å². The van der Waals surface area contributed by atoms with Crippen molar-refractivity contribution in [2.24, 2.45) is 0 Å². The Morgan fingerprint density at radius 2 is 1.87 bits per heavy atom. The summed E-state index contributed by atoms with van der Waals surface area (Å²) < 4.78 is 0. The summed E-state index contributed by atoms with van der Waals surface area (Å²) in [5, 5.41) is 5.67. The fourth-order valence-electron chi connectivity index (χ4n) is 1.97. The lowest BCUT2D eigenvalue weighted by molar-refractivity contribution is 0.0939. The molecule has 0 saturated carbocycles. The van der Waals surface area contributed by atoms with Gasteiger partial charge in [-0.1, -0.05) is 37.3 Å². The van der Waals surface area contributed by atoms with E-state index in [9.17, 15) is 9.59 Å². The van der Waals surface area contributed by atoms with Gasteiger partial charge < -0.3 is 10.6 Å². The summed E-state index contributed by atoms with van der Waals surface area (Å²) in [6.07, 6.45) is 2.32. The summed E-state index contributed by atoms with van der Waals surface area (Å²) in [6.45, 7) is 4.36. The highest BCUT2D eigenvalue weighted by Gasteiger charge is 2.13. The van der Waals surface area contributed by atoms with Crippen LogP contribution in [0, 0.1) is 0 Å². The average molecular weight is 311 g/mol. The van der Waals surface area contributed by atoms with E-state index in [1.807, 2.05) is 44.2 Å². The number of carbonyl (C=O) groups is 2. The Kier molecular flexibility index (Phi) is 5.86. The molecule has 2 amide bonds. The zero-order valence-corrected chi connectivity index (χ0v) is 13.4. The molecule has 2 rings (SSSR count). The molecule has 120 valence electrons. The summed E-state index contributed by atoms with van der Waals surface area (Å²) >= 11 is 0. The number of nitrogens with one attached hydrogen (secondary N) is 2. The van der Waals surface area contributed by atoms with Crippen LogP contribution in [0.2, 0.25) is 0 Å². The highest BCUT2D eigenvalue weighted by atomic mass is 16.2. The van der Waals surface area contributed by atoms with Crippen molar-refractivity contribution >= 4 is 11.8 Å². The first-order valence-electron chi connectivity index (χ1n) is 7.69. The minimum atomic E-state index is -0.299. The second-order valence-corrected chi connectivity index (χ2v) is 5.38. The number of carbonyl (C=O) groups excluding carboxylic acids is 2. The van der Waals surface area contributed by atoms with Gasteiger partial charge in [-0.25, -0.2) is 0 Å². The Morgan fingerprint density at radius 3 is 2.57 bits per heavy atom. The van der Waals surface area contributed by atoms with Crippen LogP contribution in [0.3, 0.4) is 0 Å². The Bertz CT molecular complexity index is 671. The third-order valence-corrected chi connectivity index (χ3v) is 3.54. The maximum atomic E-state index is 12.2. The lowest BCUT2D eigenvalue weighted by atomic mass is 10.1. The molecular formula is C18H21N3O2. The van der Waals surface area contributed by atoms with Crippen molar-refractivity contribution < 1.29 is 9.59 Å². The predicted molar refractivity (Wildman–Crippen MR) is 89.1 cm³/mol. The molecule has 1 aromatic carbocycles. The van der Waals surface area contributed by atoms with E-state index < -0.39 is 0 Å². The molecule has 0 saturated heterocycles. The molecule has 1 atom stereocenters. The lowest BCUT2D eigenvalue weighted by Gasteiger charge is -2.11. The number of benzene rings is 1. The number of rotatable bonds is 6. The van der Waals surface area contributed by atoms with Crippen molar-refractivity contribution in [1.82, 2.24) is 15.6 Å². The average Bonchev–Trinajstić information content (AvgIpc) is 2.60. The Balaban J connectivity index is 2.01. The van der Waals surface area contributed by atoms with Crippen molar-refractivity contribution in [1.29, 1.82) is 0 Å². The topological polar surface area (TPSA) is 71.1 Å². The Hall–Kier alpha value is -2.69. The second-order valence-electron chi connectivity index (χ2n) is 5.38. The maximum Gasteiger partial charge on any atom is 0.270 e. The second kappa shape index (κ2) is 8.08. The zero-order chi connectivity index (χ0) is 16.7. The number of pyridine rings is 1. The molecule has 0 radical (unpaired) electrons. The van der Waals surface area contributed by atoms with Crippen molar-refractivity contribution in [2.45, 2.75) is 32.9 Å². The van der Waals surface area contributed by atoms with Gasteiger partial charge in [0.25, 0.3) is 11.8 Å². The molecule has 23 heavy (non-hydrogen) atoms. The lowest BCUT2D eigenvalue weighted by Crippen LogP contribution is -2.32. The fraction of sp³-hybridized carbons (Fsp3) is 0.278. The first kappa shape index (κ1) is 16.7. The van der Waals surface area contributed by atoms with E-state index in [1.165, 1.54) is 12.3 Å². The van der Waals surface area contributed by atoms with E-state index in [-0.39, 0.29) is 23.6 Å². The summed E-state index contributed by atoms with van der Waals surface area (Å²) in [5.41, 5.74) is 1.68. The molecule has 0 aliphatic carbocycles. The van der Waals surface area contributed by atoms with Gasteiger partial charge in [-0.05, 0) is 31.0 Å². The summed E-state index contributed by atoms with van der Waals surface area (Å²) in [7, 11) is 0. The van der Waals surface area contributed by atoms with Crippen LogP contribution in [-0.4, -0.2) is 22.8 Å². The third-order valence-electron chi connectivity index (χ3n) is 3.54. The summed E-state index contributed by atoms with van der Waals surface area (Å²) in [6, 6.07) is 12.8. The smallest absolute Gasteiger partial charge is 0.270 e. The van der Waals surface area contributed by atoms with E-state index in [0.29, 0.717) is 12.1 Å². The standard InChI is InChI=1S/C18H21N3O2/c1-3-13(2)21-17(22)15-9-10-19-16(11-15)18(23)20-12-14-7-5-4-6-8-14/h4-11,13H,3,12H2,1-2H3,(H,20,23)(H,21,22). The maximum absolute atomic E-state index is 12.2. The van der Waals surface area contributed by atoms with Gasteiger partial charge in [-0.3, -0.25) is 14.6 Å². The van der Waals surface area contributed by atoms with Gasteiger partial charge in [0.05, 0.1) is 0 Å². The molecule has 0 bridgehead atoms. The van der Waals surface area contributed by atoms with Crippen LogP contribution in [0.4, 0.5) is 0 Å². The number of nitrogens with zero attached hydrogens (tertiary/aromatic N) is 1.